The molecule has 0 spiro atoms. The number of aryl methyl sites for hydroxylation is 1. The van der Waals surface area contributed by atoms with E-state index in [1.54, 1.807) is 6.07 Å². The SMILES string of the molecule is Cc1cc(C#N)nc(C(F)F)c1[N+](=O)[O-]. The molecular formula is C8H5F2N3O2. The summed E-state index contributed by atoms with van der Waals surface area (Å²) in [6, 6.07) is 2.66. The first kappa shape index (κ1) is 11.0. The van der Waals surface area contributed by atoms with Gasteiger partial charge in [0.05, 0.1) is 4.92 Å². The quantitative estimate of drug-likeness (QED) is 0.556. The Labute approximate surface area is 83.1 Å². The highest BCUT2D eigenvalue weighted by Gasteiger charge is 2.26. The minimum atomic E-state index is -3.07. The molecule has 0 saturated heterocycles. The predicted octanol–water partition coefficient (Wildman–Crippen LogP) is 2.11. The van der Waals surface area contributed by atoms with E-state index in [1.165, 1.54) is 6.92 Å². The zero-order valence-corrected chi connectivity index (χ0v) is 7.57. The van der Waals surface area contributed by atoms with Gasteiger partial charge in [0.2, 0.25) is 0 Å². The number of alkyl halides is 2. The van der Waals surface area contributed by atoms with Crippen molar-refractivity contribution in [1.82, 2.24) is 4.98 Å². The minimum Gasteiger partial charge on any atom is -0.258 e. The van der Waals surface area contributed by atoms with Crippen LogP contribution < -0.4 is 0 Å². The Kier molecular flexibility index (Phi) is 2.90. The summed E-state index contributed by atoms with van der Waals surface area (Å²) in [5, 5.41) is 19.0. The number of aromatic nitrogens is 1. The molecule has 1 aromatic rings. The summed E-state index contributed by atoms with van der Waals surface area (Å²) in [6.45, 7) is 1.28. The highest BCUT2D eigenvalue weighted by molar-refractivity contribution is 5.47. The molecule has 0 bridgehead atoms. The number of nitro groups is 1. The van der Waals surface area contributed by atoms with Crippen LogP contribution in [0, 0.1) is 28.4 Å². The van der Waals surface area contributed by atoms with E-state index in [2.05, 4.69) is 4.98 Å². The van der Waals surface area contributed by atoms with Gasteiger partial charge in [0.1, 0.15) is 11.8 Å². The summed E-state index contributed by atoms with van der Waals surface area (Å²) in [5.41, 5.74) is -1.95. The molecule has 0 unspecified atom stereocenters. The fraction of sp³-hybridized carbons (Fsp3) is 0.250. The summed E-state index contributed by atoms with van der Waals surface area (Å²) in [5.74, 6) is 0. The topological polar surface area (TPSA) is 79.8 Å². The lowest BCUT2D eigenvalue weighted by Crippen LogP contribution is -2.03. The molecule has 0 aliphatic carbocycles. The van der Waals surface area contributed by atoms with E-state index in [0.29, 0.717) is 0 Å². The summed E-state index contributed by atoms with van der Waals surface area (Å²) in [7, 11) is 0. The monoisotopic (exact) mass is 213 g/mol. The van der Waals surface area contributed by atoms with Crippen LogP contribution in [0.2, 0.25) is 0 Å². The average Bonchev–Trinajstić information content (AvgIpc) is 2.15. The van der Waals surface area contributed by atoms with Crippen LogP contribution in [0.5, 0.6) is 0 Å². The van der Waals surface area contributed by atoms with Gasteiger partial charge in [-0.15, -0.1) is 0 Å². The Morgan fingerprint density at radius 2 is 2.27 bits per heavy atom. The van der Waals surface area contributed by atoms with Crippen molar-refractivity contribution >= 4 is 5.69 Å². The van der Waals surface area contributed by atoms with Crippen LogP contribution in [-0.2, 0) is 0 Å². The number of hydrogen-bond acceptors (Lipinski definition) is 4. The molecule has 0 atom stereocenters. The van der Waals surface area contributed by atoms with Gasteiger partial charge in [-0.25, -0.2) is 13.8 Å². The zero-order valence-electron chi connectivity index (χ0n) is 7.57. The second kappa shape index (κ2) is 3.96. The average molecular weight is 213 g/mol. The third-order valence-electron chi connectivity index (χ3n) is 1.71. The third kappa shape index (κ3) is 2.04. The highest BCUT2D eigenvalue weighted by Crippen LogP contribution is 2.30. The first-order valence-electron chi connectivity index (χ1n) is 3.81. The fourth-order valence-corrected chi connectivity index (χ4v) is 1.14. The summed E-state index contributed by atoms with van der Waals surface area (Å²) in [6.07, 6.45) is -3.07. The summed E-state index contributed by atoms with van der Waals surface area (Å²) >= 11 is 0. The zero-order chi connectivity index (χ0) is 11.6. The van der Waals surface area contributed by atoms with Gasteiger partial charge in [0.25, 0.3) is 12.1 Å². The standard InChI is InChI=1S/C8H5F2N3O2/c1-4-2-5(3-11)12-6(8(9)10)7(4)13(14)15/h2,8H,1H3. The molecule has 5 nitrogen and oxygen atoms in total. The normalized spacial score (nSPS) is 10.1. The minimum absolute atomic E-state index is 0.00171. The van der Waals surface area contributed by atoms with E-state index in [0.717, 1.165) is 6.07 Å². The van der Waals surface area contributed by atoms with Crippen LogP contribution in [0.25, 0.3) is 0 Å². The molecule has 0 aliphatic heterocycles. The second-order valence-corrected chi connectivity index (χ2v) is 2.73. The van der Waals surface area contributed by atoms with Crippen molar-refractivity contribution < 1.29 is 13.7 Å². The van der Waals surface area contributed by atoms with Crippen molar-refractivity contribution in [2.24, 2.45) is 0 Å². The molecular weight excluding hydrogens is 208 g/mol. The van der Waals surface area contributed by atoms with Crippen molar-refractivity contribution in [1.29, 1.82) is 5.26 Å². The number of halogens is 2. The molecule has 0 aromatic carbocycles. The molecule has 0 aliphatic rings. The van der Waals surface area contributed by atoms with E-state index in [1.807, 2.05) is 0 Å². The van der Waals surface area contributed by atoms with Crippen molar-refractivity contribution in [2.45, 2.75) is 13.3 Å². The van der Waals surface area contributed by atoms with E-state index >= 15 is 0 Å². The first-order chi connectivity index (χ1) is 6.97. The molecule has 0 amide bonds. The molecule has 0 radical (unpaired) electrons. The molecule has 1 rings (SSSR count). The van der Waals surface area contributed by atoms with Crippen LogP contribution in [-0.4, -0.2) is 9.91 Å². The van der Waals surface area contributed by atoms with Gasteiger partial charge in [-0.05, 0) is 13.0 Å². The molecule has 0 saturated carbocycles. The van der Waals surface area contributed by atoms with Gasteiger partial charge in [-0.1, -0.05) is 0 Å². The summed E-state index contributed by atoms with van der Waals surface area (Å²) < 4.78 is 24.8. The summed E-state index contributed by atoms with van der Waals surface area (Å²) in [4.78, 5) is 12.8. The van der Waals surface area contributed by atoms with E-state index in [9.17, 15) is 18.9 Å². The molecule has 0 N–H and O–H groups in total. The number of nitriles is 1. The number of rotatable bonds is 2. The molecule has 78 valence electrons. The van der Waals surface area contributed by atoms with Crippen molar-refractivity contribution in [2.75, 3.05) is 0 Å². The van der Waals surface area contributed by atoms with Crippen molar-refractivity contribution in [3.05, 3.63) is 33.1 Å². The maximum Gasteiger partial charge on any atom is 0.299 e. The molecule has 1 aromatic heterocycles. The Hall–Kier alpha value is -2.10. The second-order valence-electron chi connectivity index (χ2n) is 2.73. The lowest BCUT2D eigenvalue weighted by Gasteiger charge is -2.03. The molecule has 0 fully saturated rings. The van der Waals surface area contributed by atoms with E-state index in [-0.39, 0.29) is 11.3 Å². The van der Waals surface area contributed by atoms with Gasteiger partial charge in [0, 0.05) is 5.56 Å². The Morgan fingerprint density at radius 3 is 2.67 bits per heavy atom. The number of pyridine rings is 1. The van der Waals surface area contributed by atoms with Gasteiger partial charge in [0.15, 0.2) is 5.69 Å². The Balaban J connectivity index is 3.51. The number of hydrogen-bond donors (Lipinski definition) is 0. The van der Waals surface area contributed by atoms with Gasteiger partial charge in [-0.2, -0.15) is 5.26 Å². The van der Waals surface area contributed by atoms with Crippen molar-refractivity contribution in [3.63, 3.8) is 0 Å². The van der Waals surface area contributed by atoms with Crippen LogP contribution in [0.15, 0.2) is 6.07 Å². The first-order valence-corrected chi connectivity index (χ1v) is 3.81. The van der Waals surface area contributed by atoms with Crippen LogP contribution in [0.3, 0.4) is 0 Å². The molecule has 15 heavy (non-hydrogen) atoms. The maximum atomic E-state index is 12.4. The molecule has 1 heterocycles. The van der Waals surface area contributed by atoms with Gasteiger partial charge in [-0.3, -0.25) is 10.1 Å². The fourth-order valence-electron chi connectivity index (χ4n) is 1.14. The van der Waals surface area contributed by atoms with Gasteiger partial charge < -0.3 is 0 Å². The van der Waals surface area contributed by atoms with Crippen molar-refractivity contribution in [3.8, 4) is 6.07 Å². The number of nitrogens with zero attached hydrogens (tertiary/aromatic N) is 3. The molecule has 7 heteroatoms. The van der Waals surface area contributed by atoms with Crippen LogP contribution >= 0.6 is 0 Å². The Morgan fingerprint density at radius 1 is 1.67 bits per heavy atom. The van der Waals surface area contributed by atoms with E-state index < -0.39 is 22.7 Å². The Bertz CT molecular complexity index is 454. The van der Waals surface area contributed by atoms with Crippen LogP contribution in [0.4, 0.5) is 14.5 Å². The lowest BCUT2D eigenvalue weighted by molar-refractivity contribution is -0.387. The largest absolute Gasteiger partial charge is 0.299 e. The maximum absolute atomic E-state index is 12.4. The predicted molar refractivity (Wildman–Crippen MR) is 45.3 cm³/mol. The van der Waals surface area contributed by atoms with Gasteiger partial charge >= 0.3 is 0 Å². The van der Waals surface area contributed by atoms with E-state index in [4.69, 9.17) is 5.26 Å². The third-order valence-corrected chi connectivity index (χ3v) is 1.71. The smallest absolute Gasteiger partial charge is 0.258 e. The lowest BCUT2D eigenvalue weighted by atomic mass is 10.1. The van der Waals surface area contributed by atoms with Crippen LogP contribution in [0.1, 0.15) is 23.4 Å². The highest BCUT2D eigenvalue weighted by atomic mass is 19.3.